The van der Waals surface area contributed by atoms with E-state index in [1.807, 2.05) is 0 Å². The van der Waals surface area contributed by atoms with Crippen molar-refractivity contribution in [2.75, 3.05) is 21.1 Å². The summed E-state index contributed by atoms with van der Waals surface area (Å²) in [5, 5.41) is 3.52. The number of hydrogen-bond acceptors (Lipinski definition) is 2. The zero-order chi connectivity index (χ0) is 15.3. The molecular formula is C18H32N2. The van der Waals surface area contributed by atoms with E-state index in [4.69, 9.17) is 0 Å². The highest BCUT2D eigenvalue weighted by atomic mass is 15.2. The maximum absolute atomic E-state index is 3.52. The normalized spacial score (nSPS) is 16.4. The summed E-state index contributed by atoms with van der Waals surface area (Å²) < 4.78 is 0. The van der Waals surface area contributed by atoms with Gasteiger partial charge in [0.15, 0.2) is 0 Å². The monoisotopic (exact) mass is 276 g/mol. The van der Waals surface area contributed by atoms with Crippen molar-refractivity contribution < 1.29 is 0 Å². The average molecular weight is 276 g/mol. The Kier molecular flexibility index (Phi) is 6.22. The maximum atomic E-state index is 3.52. The zero-order valence-corrected chi connectivity index (χ0v) is 14.3. The fraction of sp³-hybridized carbons (Fsp3) is 0.667. The third kappa shape index (κ3) is 3.83. The molecule has 1 aromatic carbocycles. The van der Waals surface area contributed by atoms with Gasteiger partial charge in [0.1, 0.15) is 0 Å². The zero-order valence-electron chi connectivity index (χ0n) is 14.3. The third-order valence-corrected chi connectivity index (χ3v) is 4.92. The van der Waals surface area contributed by atoms with Crippen molar-refractivity contribution in [3.05, 3.63) is 35.4 Å². The predicted octanol–water partition coefficient (Wildman–Crippen LogP) is 3.67. The molecule has 1 aromatic rings. The Morgan fingerprint density at radius 2 is 1.70 bits per heavy atom. The first-order valence-electron chi connectivity index (χ1n) is 7.78. The van der Waals surface area contributed by atoms with Crippen molar-refractivity contribution in [2.45, 2.75) is 58.0 Å². The number of nitrogens with one attached hydrogen (secondary N) is 1. The molecule has 2 nitrogen and oxygen atoms in total. The van der Waals surface area contributed by atoms with Crippen molar-refractivity contribution in [3.63, 3.8) is 0 Å². The molecule has 114 valence electrons. The topological polar surface area (TPSA) is 15.3 Å². The Balaban J connectivity index is 2.88. The Labute approximate surface area is 125 Å². The van der Waals surface area contributed by atoms with E-state index < -0.39 is 0 Å². The molecule has 2 heteroatoms. The molecule has 1 N–H and O–H groups in total. The fourth-order valence-corrected chi connectivity index (χ4v) is 2.78. The van der Waals surface area contributed by atoms with Gasteiger partial charge in [0.2, 0.25) is 0 Å². The summed E-state index contributed by atoms with van der Waals surface area (Å²) in [4.78, 5) is 2.34. The van der Waals surface area contributed by atoms with Crippen LogP contribution in [0.5, 0.6) is 0 Å². The first-order valence-corrected chi connectivity index (χ1v) is 7.78. The minimum atomic E-state index is 0.172. The van der Waals surface area contributed by atoms with Gasteiger partial charge in [-0.2, -0.15) is 0 Å². The molecule has 0 fully saturated rings. The van der Waals surface area contributed by atoms with E-state index in [2.05, 4.69) is 83.3 Å². The van der Waals surface area contributed by atoms with Gasteiger partial charge >= 0.3 is 0 Å². The van der Waals surface area contributed by atoms with Crippen LogP contribution in [0, 0.1) is 0 Å². The second-order valence-corrected chi connectivity index (χ2v) is 6.55. The molecule has 0 amide bonds. The van der Waals surface area contributed by atoms with Gasteiger partial charge in [0.05, 0.1) is 0 Å². The molecule has 0 spiro atoms. The molecule has 0 bridgehead atoms. The van der Waals surface area contributed by atoms with Crippen LogP contribution < -0.4 is 5.32 Å². The molecule has 0 aliphatic rings. The van der Waals surface area contributed by atoms with Crippen molar-refractivity contribution >= 4 is 0 Å². The molecule has 0 radical (unpaired) electrons. The molecular weight excluding hydrogens is 244 g/mol. The lowest BCUT2D eigenvalue weighted by atomic mass is 9.84. The molecule has 0 aliphatic heterocycles. The quantitative estimate of drug-likeness (QED) is 0.817. The number of nitrogens with zero attached hydrogens (tertiary/aromatic N) is 1. The lowest BCUT2D eigenvalue weighted by molar-refractivity contribution is 0.116. The van der Waals surface area contributed by atoms with Gasteiger partial charge in [-0.05, 0) is 58.0 Å². The number of likely N-dealkylation sites (N-methyl/N-ethyl adjacent to an activating group) is 2. The Morgan fingerprint density at radius 1 is 1.15 bits per heavy atom. The van der Waals surface area contributed by atoms with Crippen LogP contribution in [0.1, 0.15) is 51.2 Å². The molecule has 1 rings (SSSR count). The molecule has 2 unspecified atom stereocenters. The van der Waals surface area contributed by atoms with E-state index in [0.29, 0.717) is 12.0 Å². The predicted molar refractivity (Wildman–Crippen MR) is 89.5 cm³/mol. The summed E-state index contributed by atoms with van der Waals surface area (Å²) in [7, 11) is 6.43. The highest BCUT2D eigenvalue weighted by Crippen LogP contribution is 2.24. The molecule has 0 aliphatic carbocycles. The second kappa shape index (κ2) is 7.24. The highest BCUT2D eigenvalue weighted by Gasteiger charge is 2.33. The summed E-state index contributed by atoms with van der Waals surface area (Å²) in [6, 6.07) is 9.56. The van der Waals surface area contributed by atoms with Crippen LogP contribution in [0.15, 0.2) is 24.3 Å². The van der Waals surface area contributed by atoms with Crippen molar-refractivity contribution in [2.24, 2.45) is 0 Å². The van der Waals surface area contributed by atoms with Gasteiger partial charge in [-0.1, -0.05) is 45.0 Å². The van der Waals surface area contributed by atoms with Gasteiger partial charge in [0.25, 0.3) is 0 Å². The molecule has 0 saturated heterocycles. The van der Waals surface area contributed by atoms with E-state index in [0.717, 1.165) is 12.8 Å². The SMILES string of the molecule is CCC(C)(C(Cc1ccc(C(C)C)cc1)NC)N(C)C. The molecule has 0 saturated carbocycles. The fourth-order valence-electron chi connectivity index (χ4n) is 2.78. The standard InChI is InChI=1S/C18H32N2/c1-8-18(4,20(6)7)17(19-5)13-15-9-11-16(12-10-15)14(2)3/h9-12,14,17,19H,8,13H2,1-7H3. The van der Waals surface area contributed by atoms with Gasteiger partial charge in [0, 0.05) is 11.6 Å². The van der Waals surface area contributed by atoms with Crippen LogP contribution >= 0.6 is 0 Å². The van der Waals surface area contributed by atoms with Gasteiger partial charge in [-0.15, -0.1) is 0 Å². The first-order chi connectivity index (χ1) is 9.35. The third-order valence-electron chi connectivity index (χ3n) is 4.92. The highest BCUT2D eigenvalue weighted by molar-refractivity contribution is 5.25. The minimum Gasteiger partial charge on any atom is -0.315 e. The van der Waals surface area contributed by atoms with Gasteiger partial charge in [-0.3, -0.25) is 0 Å². The summed E-state index contributed by atoms with van der Waals surface area (Å²) in [6.07, 6.45) is 2.20. The molecule has 0 aromatic heterocycles. The lowest BCUT2D eigenvalue weighted by Crippen LogP contribution is -2.56. The van der Waals surface area contributed by atoms with Crippen molar-refractivity contribution in [1.29, 1.82) is 0 Å². The van der Waals surface area contributed by atoms with Gasteiger partial charge in [-0.25, -0.2) is 0 Å². The maximum Gasteiger partial charge on any atom is 0.0328 e. The Morgan fingerprint density at radius 3 is 2.05 bits per heavy atom. The van der Waals surface area contributed by atoms with Crippen LogP contribution in [-0.2, 0) is 6.42 Å². The molecule has 2 atom stereocenters. The lowest BCUT2D eigenvalue weighted by Gasteiger charge is -2.42. The summed E-state index contributed by atoms with van der Waals surface area (Å²) in [5.74, 6) is 0.604. The average Bonchev–Trinajstić information content (AvgIpc) is 2.44. The van der Waals surface area contributed by atoms with Gasteiger partial charge < -0.3 is 10.2 Å². The van der Waals surface area contributed by atoms with Crippen molar-refractivity contribution in [3.8, 4) is 0 Å². The van der Waals surface area contributed by atoms with Crippen LogP contribution in [0.4, 0.5) is 0 Å². The number of rotatable bonds is 7. The van der Waals surface area contributed by atoms with Crippen molar-refractivity contribution in [1.82, 2.24) is 10.2 Å². The van der Waals surface area contributed by atoms with Crippen LogP contribution in [0.3, 0.4) is 0 Å². The summed E-state index contributed by atoms with van der Waals surface area (Å²) in [5.41, 5.74) is 3.00. The van der Waals surface area contributed by atoms with E-state index in [9.17, 15) is 0 Å². The summed E-state index contributed by atoms with van der Waals surface area (Å²) >= 11 is 0. The number of hydrogen-bond donors (Lipinski definition) is 1. The first kappa shape index (κ1) is 17.2. The van der Waals surface area contributed by atoms with E-state index in [1.54, 1.807) is 0 Å². The Hall–Kier alpha value is -0.860. The van der Waals surface area contributed by atoms with Crippen LogP contribution in [-0.4, -0.2) is 37.6 Å². The second-order valence-electron chi connectivity index (χ2n) is 6.55. The van der Waals surface area contributed by atoms with E-state index in [-0.39, 0.29) is 5.54 Å². The number of benzene rings is 1. The van der Waals surface area contributed by atoms with Crippen LogP contribution in [0.25, 0.3) is 0 Å². The van der Waals surface area contributed by atoms with E-state index >= 15 is 0 Å². The Bertz CT molecular complexity index is 394. The molecule has 20 heavy (non-hydrogen) atoms. The van der Waals surface area contributed by atoms with Crippen LogP contribution in [0.2, 0.25) is 0 Å². The largest absolute Gasteiger partial charge is 0.315 e. The minimum absolute atomic E-state index is 0.172. The molecule has 0 heterocycles. The smallest absolute Gasteiger partial charge is 0.0328 e. The summed E-state index contributed by atoms with van der Waals surface area (Å²) in [6.45, 7) is 9.10. The van der Waals surface area contributed by atoms with E-state index in [1.165, 1.54) is 11.1 Å².